The Morgan fingerprint density at radius 3 is 2.69 bits per heavy atom. The van der Waals surface area contributed by atoms with E-state index in [1.165, 1.54) is 18.2 Å². The van der Waals surface area contributed by atoms with Crippen LogP contribution in [0.1, 0.15) is 25.3 Å². The van der Waals surface area contributed by atoms with Crippen molar-refractivity contribution in [2.45, 2.75) is 25.9 Å². The highest BCUT2D eigenvalue weighted by molar-refractivity contribution is 6.32. The zero-order chi connectivity index (χ0) is 12.1. The molecule has 16 heavy (non-hydrogen) atoms. The molecular formula is C11H10ClF2NO. The molecule has 0 saturated carbocycles. The van der Waals surface area contributed by atoms with Gasteiger partial charge in [-0.25, -0.2) is 8.78 Å². The fraction of sp³-hybridized carbons (Fsp3) is 0.364. The lowest BCUT2D eigenvalue weighted by atomic mass is 10.2. The number of hydrogen-bond acceptors (Lipinski definition) is 2. The summed E-state index contributed by atoms with van der Waals surface area (Å²) in [5.74, 6) is 0.118. The number of halogens is 3. The normalized spacial score (nSPS) is 12.2. The van der Waals surface area contributed by atoms with Gasteiger partial charge in [0.25, 0.3) is 6.43 Å². The van der Waals surface area contributed by atoms with Crippen molar-refractivity contribution in [3.63, 3.8) is 0 Å². The van der Waals surface area contributed by atoms with Crippen molar-refractivity contribution in [1.29, 1.82) is 5.26 Å². The zero-order valence-electron chi connectivity index (χ0n) is 8.58. The van der Waals surface area contributed by atoms with Gasteiger partial charge in [-0.1, -0.05) is 30.7 Å². The molecule has 1 rings (SSSR count). The van der Waals surface area contributed by atoms with Crippen LogP contribution in [-0.4, -0.2) is 6.10 Å². The van der Waals surface area contributed by atoms with E-state index in [9.17, 15) is 8.78 Å². The van der Waals surface area contributed by atoms with Crippen molar-refractivity contribution in [3.05, 3.63) is 28.8 Å². The zero-order valence-corrected chi connectivity index (χ0v) is 9.34. The Labute approximate surface area is 97.4 Å². The maximum atomic E-state index is 12.5. The second-order valence-corrected chi connectivity index (χ2v) is 3.48. The molecule has 0 amide bonds. The number of hydrogen-bond donors (Lipinski definition) is 0. The Morgan fingerprint density at radius 2 is 2.19 bits per heavy atom. The average Bonchev–Trinajstić information content (AvgIpc) is 2.27. The highest BCUT2D eigenvalue weighted by Gasteiger charge is 2.17. The maximum absolute atomic E-state index is 12.5. The van der Waals surface area contributed by atoms with Crippen LogP contribution in [0.25, 0.3) is 0 Å². The molecule has 0 aromatic heterocycles. The van der Waals surface area contributed by atoms with E-state index < -0.39 is 12.5 Å². The van der Waals surface area contributed by atoms with E-state index in [1.54, 1.807) is 6.92 Å². The van der Waals surface area contributed by atoms with Crippen LogP contribution in [0, 0.1) is 11.3 Å². The van der Waals surface area contributed by atoms with Crippen LogP contribution in [0.2, 0.25) is 5.02 Å². The first-order chi connectivity index (χ1) is 7.60. The molecule has 0 spiro atoms. The number of benzene rings is 1. The number of nitrogens with zero attached hydrogens (tertiary/aromatic N) is 1. The summed E-state index contributed by atoms with van der Waals surface area (Å²) in [6.07, 6.45) is -2.87. The predicted octanol–water partition coefficient (Wildman–Crippen LogP) is 3.96. The minimum absolute atomic E-state index is 0.118. The maximum Gasteiger partial charge on any atom is 0.265 e. The standard InChI is InChI=1S/C11H10ClF2NO/c1-2-7(6-15)16-9-5-3-4-8(10(9)12)11(13)14/h3-5,7,11H,2H2,1H3. The fourth-order valence-electron chi connectivity index (χ4n) is 1.14. The van der Waals surface area contributed by atoms with E-state index in [4.69, 9.17) is 21.6 Å². The second-order valence-electron chi connectivity index (χ2n) is 3.10. The van der Waals surface area contributed by atoms with Crippen LogP contribution in [-0.2, 0) is 0 Å². The highest BCUT2D eigenvalue weighted by atomic mass is 35.5. The fourth-order valence-corrected chi connectivity index (χ4v) is 1.39. The molecule has 1 aromatic rings. The van der Waals surface area contributed by atoms with E-state index in [0.717, 1.165) is 0 Å². The Balaban J connectivity index is 2.98. The first kappa shape index (κ1) is 12.7. The summed E-state index contributed by atoms with van der Waals surface area (Å²) < 4.78 is 30.2. The third-order valence-corrected chi connectivity index (χ3v) is 2.42. The first-order valence-electron chi connectivity index (χ1n) is 4.73. The van der Waals surface area contributed by atoms with Crippen molar-refractivity contribution < 1.29 is 13.5 Å². The summed E-state index contributed by atoms with van der Waals surface area (Å²) in [6.45, 7) is 1.76. The van der Waals surface area contributed by atoms with Gasteiger partial charge in [-0.3, -0.25) is 0 Å². The molecule has 5 heteroatoms. The number of nitriles is 1. The second kappa shape index (κ2) is 5.66. The summed E-state index contributed by atoms with van der Waals surface area (Å²) in [5.41, 5.74) is -0.285. The van der Waals surface area contributed by atoms with Crippen molar-refractivity contribution >= 4 is 11.6 Å². The topological polar surface area (TPSA) is 33.0 Å². The smallest absolute Gasteiger partial charge is 0.265 e. The Kier molecular flexibility index (Phi) is 4.51. The van der Waals surface area contributed by atoms with Crippen LogP contribution in [0.3, 0.4) is 0 Å². The summed E-state index contributed by atoms with van der Waals surface area (Å²) >= 11 is 5.75. The van der Waals surface area contributed by atoms with E-state index in [2.05, 4.69) is 0 Å². The van der Waals surface area contributed by atoms with Gasteiger partial charge >= 0.3 is 0 Å². The van der Waals surface area contributed by atoms with E-state index >= 15 is 0 Å². The van der Waals surface area contributed by atoms with Gasteiger partial charge in [-0.15, -0.1) is 0 Å². The molecule has 0 bridgehead atoms. The molecule has 0 aliphatic heterocycles. The van der Waals surface area contributed by atoms with Crippen LogP contribution in [0.15, 0.2) is 18.2 Å². The lowest BCUT2D eigenvalue weighted by Crippen LogP contribution is -2.12. The number of alkyl halides is 2. The molecule has 0 heterocycles. The van der Waals surface area contributed by atoms with E-state index in [0.29, 0.717) is 6.42 Å². The molecule has 0 saturated heterocycles. The van der Waals surface area contributed by atoms with E-state index in [-0.39, 0.29) is 16.3 Å². The summed E-state index contributed by atoms with van der Waals surface area (Å²) in [5, 5.41) is 8.56. The highest BCUT2D eigenvalue weighted by Crippen LogP contribution is 2.34. The summed E-state index contributed by atoms with van der Waals surface area (Å²) in [6, 6.07) is 6.03. The SMILES string of the molecule is CCC(C#N)Oc1cccc(C(F)F)c1Cl. The molecule has 0 fully saturated rings. The van der Waals surface area contributed by atoms with Gasteiger partial charge in [0.05, 0.1) is 5.02 Å². The Bertz CT molecular complexity index is 403. The molecule has 1 aromatic carbocycles. The van der Waals surface area contributed by atoms with Crippen molar-refractivity contribution in [2.75, 3.05) is 0 Å². The van der Waals surface area contributed by atoms with Gasteiger partial charge in [0.1, 0.15) is 11.8 Å². The largest absolute Gasteiger partial charge is 0.474 e. The minimum Gasteiger partial charge on any atom is -0.474 e. The molecule has 0 aliphatic rings. The van der Waals surface area contributed by atoms with Gasteiger partial charge in [0, 0.05) is 5.56 Å². The van der Waals surface area contributed by atoms with Crippen LogP contribution >= 0.6 is 11.6 Å². The van der Waals surface area contributed by atoms with Crippen LogP contribution in [0.5, 0.6) is 5.75 Å². The quantitative estimate of drug-likeness (QED) is 0.804. The lowest BCUT2D eigenvalue weighted by molar-refractivity contribution is 0.150. The molecule has 86 valence electrons. The molecule has 1 atom stereocenters. The predicted molar refractivity (Wildman–Crippen MR) is 56.7 cm³/mol. The molecular weight excluding hydrogens is 236 g/mol. The van der Waals surface area contributed by atoms with E-state index in [1.807, 2.05) is 6.07 Å². The molecule has 0 N–H and O–H groups in total. The number of rotatable bonds is 4. The Morgan fingerprint density at radius 1 is 1.50 bits per heavy atom. The third-order valence-electron chi connectivity index (χ3n) is 2.01. The monoisotopic (exact) mass is 245 g/mol. The molecule has 1 unspecified atom stereocenters. The van der Waals surface area contributed by atoms with Crippen molar-refractivity contribution in [2.24, 2.45) is 0 Å². The van der Waals surface area contributed by atoms with Gasteiger partial charge < -0.3 is 4.74 Å². The van der Waals surface area contributed by atoms with Gasteiger partial charge in [-0.2, -0.15) is 5.26 Å². The Hall–Kier alpha value is -1.34. The third kappa shape index (κ3) is 2.83. The molecule has 0 aliphatic carbocycles. The van der Waals surface area contributed by atoms with Crippen molar-refractivity contribution in [1.82, 2.24) is 0 Å². The molecule has 2 nitrogen and oxygen atoms in total. The van der Waals surface area contributed by atoms with Crippen LogP contribution in [0.4, 0.5) is 8.78 Å². The van der Waals surface area contributed by atoms with Gasteiger partial charge in [0.15, 0.2) is 6.10 Å². The number of ether oxygens (including phenoxy) is 1. The lowest BCUT2D eigenvalue weighted by Gasteiger charge is -2.13. The van der Waals surface area contributed by atoms with Gasteiger partial charge in [-0.05, 0) is 12.5 Å². The average molecular weight is 246 g/mol. The van der Waals surface area contributed by atoms with Gasteiger partial charge in [0.2, 0.25) is 0 Å². The summed E-state index contributed by atoms with van der Waals surface area (Å²) in [4.78, 5) is 0. The van der Waals surface area contributed by atoms with Crippen LogP contribution < -0.4 is 4.74 Å². The summed E-state index contributed by atoms with van der Waals surface area (Å²) in [7, 11) is 0. The minimum atomic E-state index is -2.65. The molecule has 0 radical (unpaired) electrons. The van der Waals surface area contributed by atoms with Crippen molar-refractivity contribution in [3.8, 4) is 11.8 Å². The first-order valence-corrected chi connectivity index (χ1v) is 5.10.